The van der Waals surface area contributed by atoms with Gasteiger partial charge in [0.25, 0.3) is 0 Å². The SMILES string of the molecule is CC/C=C\C/C=C\C/C=C\C/C=C\C/C=C\C/C=C\CCCCCCCCCCC(=O)OC1C(OCC(NC(=O)C(O)CCCCCCCCCCCCCCC/C=C\C/C=C\C/C=C\CCCCC)C(O)/C=C/CCCCCCCCCCCCC)OC(CO)C(O)C1O. The maximum atomic E-state index is 13.5. The number of amides is 1. The molecule has 0 spiro atoms. The summed E-state index contributed by atoms with van der Waals surface area (Å²) in [6.45, 7) is 5.68. The van der Waals surface area contributed by atoms with Crippen LogP contribution in [0.5, 0.6) is 0 Å². The Kier molecular flexibility index (Phi) is 65.6. The van der Waals surface area contributed by atoms with Gasteiger partial charge in [-0.25, -0.2) is 0 Å². The van der Waals surface area contributed by atoms with Crippen LogP contribution < -0.4 is 5.32 Å². The minimum Gasteiger partial charge on any atom is -0.454 e. The van der Waals surface area contributed by atoms with E-state index in [1.54, 1.807) is 6.08 Å². The van der Waals surface area contributed by atoms with Crippen molar-refractivity contribution in [1.82, 2.24) is 5.32 Å². The number of rotatable bonds is 67. The Balaban J connectivity index is 2.54. The zero-order chi connectivity index (χ0) is 68.8. The predicted octanol–water partition coefficient (Wildman–Crippen LogP) is 21.3. The number of ether oxygens (including phenoxy) is 3. The largest absolute Gasteiger partial charge is 0.454 e. The summed E-state index contributed by atoms with van der Waals surface area (Å²) < 4.78 is 17.7. The van der Waals surface area contributed by atoms with Gasteiger partial charge >= 0.3 is 5.97 Å². The van der Waals surface area contributed by atoms with Crippen LogP contribution in [0.15, 0.2) is 122 Å². The number of hydrogen-bond donors (Lipinski definition) is 6. The highest BCUT2D eigenvalue weighted by atomic mass is 16.7. The number of carbonyl (C=O) groups is 2. The molecule has 8 unspecified atom stereocenters. The first-order valence-corrected chi connectivity index (χ1v) is 39.3. The lowest BCUT2D eigenvalue weighted by molar-refractivity contribution is -0.305. The van der Waals surface area contributed by atoms with Crippen LogP contribution in [0.3, 0.4) is 0 Å². The number of carbonyl (C=O) groups excluding carboxylic acids is 2. The minimum atomic E-state index is -1.63. The lowest BCUT2D eigenvalue weighted by Crippen LogP contribution is -2.61. The maximum Gasteiger partial charge on any atom is 0.306 e. The summed E-state index contributed by atoms with van der Waals surface area (Å²) in [4.78, 5) is 26.8. The molecule has 1 aliphatic heterocycles. The number of unbranched alkanes of at least 4 members (excludes halogenated alkanes) is 35. The summed E-state index contributed by atoms with van der Waals surface area (Å²) in [7, 11) is 0. The molecule has 1 heterocycles. The predicted molar refractivity (Wildman–Crippen MR) is 402 cm³/mol. The van der Waals surface area contributed by atoms with Crippen molar-refractivity contribution in [1.29, 1.82) is 0 Å². The van der Waals surface area contributed by atoms with E-state index in [4.69, 9.17) is 14.2 Å². The molecule has 0 aromatic carbocycles. The summed E-state index contributed by atoms with van der Waals surface area (Å²) >= 11 is 0. The van der Waals surface area contributed by atoms with E-state index in [1.165, 1.54) is 167 Å². The van der Waals surface area contributed by atoms with Crippen molar-refractivity contribution in [2.45, 2.75) is 384 Å². The summed E-state index contributed by atoms with van der Waals surface area (Å²) in [6.07, 6.45) is 88.1. The van der Waals surface area contributed by atoms with E-state index in [-0.39, 0.29) is 19.4 Å². The van der Waals surface area contributed by atoms with Crippen molar-refractivity contribution in [3.8, 4) is 0 Å². The molecule has 11 nitrogen and oxygen atoms in total. The van der Waals surface area contributed by atoms with Gasteiger partial charge in [0.05, 0.1) is 25.4 Å². The standard InChI is InChI=1S/C84H145NO10/c1-4-7-10-13-16-19-22-25-27-29-31-33-35-37-39-41-43-45-47-49-51-54-57-60-63-66-69-72-79(89)95-82-81(91)80(90)78(73-86)94-84(82)93-74-75(76(87)70-67-64-61-58-55-52-24-21-18-15-12-9-6-3)85-83(92)77(88)71-68-65-62-59-56-53-50-48-46-44-42-40-38-36-34-32-30-28-26-23-20-17-14-11-8-5-2/h7,10,16-17,19-20,25-28,31-34,37,39,43,45,67,70,75-78,80-82,84,86-88,90-91H,4-6,8-9,11-15,18,21-24,29-30,35-36,38,40-42,44,46-66,68-69,71-74H2,1-3H3,(H,85,92)/b10-7-,19-16-,20-17-,27-25-,28-26-,33-31-,34-32-,39-37-,45-43-,70-67+. The lowest BCUT2D eigenvalue weighted by Gasteiger charge is -2.41. The molecule has 1 rings (SSSR count). The first-order valence-electron chi connectivity index (χ1n) is 39.3. The van der Waals surface area contributed by atoms with Gasteiger partial charge in [0.2, 0.25) is 5.91 Å². The Bertz CT molecular complexity index is 2020. The Hall–Kier alpha value is -3.94. The molecular weight excluding hydrogens is 1180 g/mol. The van der Waals surface area contributed by atoms with Gasteiger partial charge in [0.15, 0.2) is 12.4 Å². The molecular formula is C84H145NO10. The van der Waals surface area contributed by atoms with Gasteiger partial charge in [-0.2, -0.15) is 0 Å². The van der Waals surface area contributed by atoms with Gasteiger partial charge < -0.3 is 45.1 Å². The molecule has 0 aliphatic carbocycles. The van der Waals surface area contributed by atoms with Gasteiger partial charge in [-0.05, 0) is 116 Å². The molecule has 6 N–H and O–H groups in total. The molecule has 1 amide bonds. The quantitative estimate of drug-likeness (QED) is 0.0195. The number of esters is 1. The maximum absolute atomic E-state index is 13.5. The van der Waals surface area contributed by atoms with E-state index in [9.17, 15) is 35.1 Å². The van der Waals surface area contributed by atoms with Crippen LogP contribution in [0, 0.1) is 0 Å². The smallest absolute Gasteiger partial charge is 0.306 e. The molecule has 0 bridgehead atoms. The van der Waals surface area contributed by atoms with Crippen LogP contribution in [0.1, 0.15) is 335 Å². The van der Waals surface area contributed by atoms with Crippen LogP contribution in [0.25, 0.3) is 0 Å². The van der Waals surface area contributed by atoms with Gasteiger partial charge in [0.1, 0.15) is 24.4 Å². The molecule has 546 valence electrons. The number of nitrogens with one attached hydrogen (secondary N) is 1. The third kappa shape index (κ3) is 56.6. The third-order valence-corrected chi connectivity index (χ3v) is 17.8. The van der Waals surface area contributed by atoms with Gasteiger partial charge in [-0.1, -0.05) is 335 Å². The van der Waals surface area contributed by atoms with Gasteiger partial charge in [-0.15, -0.1) is 0 Å². The molecule has 1 fully saturated rings. The molecule has 1 saturated heterocycles. The molecule has 0 aromatic heterocycles. The fraction of sp³-hybridized carbons (Fsp3) is 0.738. The van der Waals surface area contributed by atoms with E-state index in [1.807, 2.05) is 6.08 Å². The van der Waals surface area contributed by atoms with Crippen molar-refractivity contribution >= 4 is 11.9 Å². The van der Waals surface area contributed by atoms with Gasteiger partial charge in [0, 0.05) is 6.42 Å². The molecule has 0 saturated carbocycles. The summed E-state index contributed by atoms with van der Waals surface area (Å²) in [6, 6.07) is -1.03. The average molecular weight is 1330 g/mol. The molecule has 8 atom stereocenters. The Morgan fingerprint density at radius 3 is 1.16 bits per heavy atom. The van der Waals surface area contributed by atoms with Crippen LogP contribution >= 0.6 is 0 Å². The zero-order valence-electron chi connectivity index (χ0n) is 61.0. The molecule has 95 heavy (non-hydrogen) atoms. The molecule has 0 radical (unpaired) electrons. The zero-order valence-corrected chi connectivity index (χ0v) is 61.0. The highest BCUT2D eigenvalue weighted by Crippen LogP contribution is 2.26. The normalized spacial score (nSPS) is 18.4. The number of aliphatic hydroxyl groups excluding tert-OH is 5. The summed E-state index contributed by atoms with van der Waals surface area (Å²) in [5.41, 5.74) is 0. The topological polar surface area (TPSA) is 175 Å². The second-order valence-corrected chi connectivity index (χ2v) is 26.7. The Morgan fingerprint density at radius 1 is 0.421 bits per heavy atom. The molecule has 11 heteroatoms. The van der Waals surface area contributed by atoms with Crippen molar-refractivity contribution in [2.75, 3.05) is 13.2 Å². The lowest BCUT2D eigenvalue weighted by atomic mass is 9.99. The Morgan fingerprint density at radius 2 is 0.758 bits per heavy atom. The van der Waals surface area contributed by atoms with Crippen LogP contribution in [0.2, 0.25) is 0 Å². The van der Waals surface area contributed by atoms with Crippen LogP contribution in [-0.2, 0) is 23.8 Å². The molecule has 1 aliphatic rings. The number of allylic oxidation sites excluding steroid dienone is 19. The van der Waals surface area contributed by atoms with Gasteiger partial charge in [-0.3, -0.25) is 9.59 Å². The van der Waals surface area contributed by atoms with Crippen molar-refractivity contribution in [3.05, 3.63) is 122 Å². The minimum absolute atomic E-state index is 0.108. The highest BCUT2D eigenvalue weighted by Gasteiger charge is 2.47. The van der Waals surface area contributed by atoms with E-state index in [0.717, 1.165) is 122 Å². The third-order valence-electron chi connectivity index (χ3n) is 17.8. The van der Waals surface area contributed by atoms with Crippen LogP contribution in [-0.4, -0.2) is 99.6 Å². The fourth-order valence-electron chi connectivity index (χ4n) is 11.7. The first kappa shape index (κ1) is 89.1. The fourth-order valence-corrected chi connectivity index (χ4v) is 11.7. The van der Waals surface area contributed by atoms with Crippen molar-refractivity contribution < 1.29 is 49.3 Å². The number of hydrogen-bond acceptors (Lipinski definition) is 10. The summed E-state index contributed by atoms with van der Waals surface area (Å²) in [5.74, 6) is -1.20. The van der Waals surface area contributed by atoms with E-state index >= 15 is 0 Å². The van der Waals surface area contributed by atoms with E-state index in [2.05, 4.69) is 135 Å². The van der Waals surface area contributed by atoms with Crippen LogP contribution in [0.4, 0.5) is 0 Å². The number of aliphatic hydroxyl groups is 5. The van der Waals surface area contributed by atoms with E-state index in [0.29, 0.717) is 12.8 Å². The molecule has 0 aromatic rings. The average Bonchev–Trinajstić information content (AvgIpc) is 0.823. The Labute approximate surface area is 582 Å². The van der Waals surface area contributed by atoms with Crippen molar-refractivity contribution in [2.24, 2.45) is 0 Å². The summed E-state index contributed by atoms with van der Waals surface area (Å²) in [5, 5.41) is 57.5. The monoisotopic (exact) mass is 1330 g/mol. The second-order valence-electron chi connectivity index (χ2n) is 26.7. The highest BCUT2D eigenvalue weighted by molar-refractivity contribution is 5.80. The van der Waals surface area contributed by atoms with Crippen molar-refractivity contribution in [3.63, 3.8) is 0 Å². The second kappa shape index (κ2) is 69.9. The first-order chi connectivity index (χ1) is 46.7. The van der Waals surface area contributed by atoms with E-state index < -0.39 is 67.4 Å².